The number of nitrogens with one attached hydrogen (secondary N) is 2. The maximum Gasteiger partial charge on any atom is 0.341 e. The van der Waals surface area contributed by atoms with Gasteiger partial charge in [0, 0.05) is 37.2 Å². The number of fused-ring (bicyclic) bond motifs is 2. The Bertz CT molecular complexity index is 2040. The number of phenols is 1. The minimum Gasteiger partial charge on any atom is -0.506 e. The second kappa shape index (κ2) is 15.1. The number of aromatic nitrogens is 4. The lowest BCUT2D eigenvalue weighted by molar-refractivity contribution is -0.166. The third-order valence-corrected chi connectivity index (χ3v) is 13.1. The molecular formula is C37H46N6O6S2. The van der Waals surface area contributed by atoms with Crippen LogP contribution in [0.1, 0.15) is 91.4 Å². The molecular weight excluding hydrogens is 689 g/mol. The number of aromatic amines is 1. The van der Waals surface area contributed by atoms with Crippen LogP contribution in [0.25, 0.3) is 21.3 Å². The second-order valence-corrected chi connectivity index (χ2v) is 16.2. The maximum absolute atomic E-state index is 12.4. The summed E-state index contributed by atoms with van der Waals surface area (Å²) in [4.78, 5) is 29.7. The summed E-state index contributed by atoms with van der Waals surface area (Å²) in [6.07, 6.45) is 7.62. The number of aromatic hydroxyl groups is 1. The van der Waals surface area contributed by atoms with Crippen LogP contribution in [0.15, 0.2) is 46.6 Å². The Morgan fingerprint density at radius 1 is 1.14 bits per heavy atom. The highest BCUT2D eigenvalue weighted by Crippen LogP contribution is 2.47. The number of hydrogen-bond donors (Lipinski definition) is 6. The van der Waals surface area contributed by atoms with Crippen LogP contribution in [0, 0.1) is 5.92 Å². The monoisotopic (exact) mass is 734 g/mol. The van der Waals surface area contributed by atoms with Gasteiger partial charge in [0.15, 0.2) is 5.60 Å². The number of aliphatic hydroxyl groups is 2. The molecule has 6 N–H and O–H groups in total. The lowest BCUT2D eigenvalue weighted by Crippen LogP contribution is -2.42. The highest BCUT2D eigenvalue weighted by atomic mass is 32.1. The third-order valence-electron chi connectivity index (χ3n) is 11.1. The Labute approximate surface area is 303 Å². The SMILES string of the molecule is CN(CCCn1nnc2cc(CNC[C@H](O)c3ccc(O)c4[nH]c(=O)sc34)ccc21)[C@H]1CC[C@H](c2ccsc2[C@@](O)(C(=O)O)C2CCCC2)CC1. The smallest absolute Gasteiger partial charge is 0.341 e. The number of thiazole rings is 1. The molecule has 3 heterocycles. The van der Waals surface area contributed by atoms with Gasteiger partial charge in [0.1, 0.15) is 16.8 Å². The molecule has 0 saturated heterocycles. The summed E-state index contributed by atoms with van der Waals surface area (Å²) >= 11 is 2.38. The molecule has 0 unspecified atom stereocenters. The zero-order chi connectivity index (χ0) is 35.7. The van der Waals surface area contributed by atoms with E-state index in [1.165, 1.54) is 17.4 Å². The number of carboxylic acids is 1. The van der Waals surface area contributed by atoms with Gasteiger partial charge < -0.3 is 35.6 Å². The Morgan fingerprint density at radius 2 is 1.92 bits per heavy atom. The fourth-order valence-corrected chi connectivity index (χ4v) is 10.4. The van der Waals surface area contributed by atoms with Crippen molar-refractivity contribution in [2.45, 2.75) is 94.5 Å². The molecule has 0 spiro atoms. The molecule has 5 aromatic rings. The van der Waals surface area contributed by atoms with Crippen LogP contribution in [0.2, 0.25) is 0 Å². The van der Waals surface area contributed by atoms with Crippen LogP contribution in [0.3, 0.4) is 0 Å². The number of H-pyrrole nitrogens is 1. The van der Waals surface area contributed by atoms with E-state index in [1.54, 1.807) is 6.07 Å². The van der Waals surface area contributed by atoms with Crippen molar-refractivity contribution in [3.63, 3.8) is 0 Å². The molecule has 2 aliphatic rings. The number of carboxylic acid groups (broad SMARTS) is 1. The molecule has 0 aliphatic heterocycles. The van der Waals surface area contributed by atoms with E-state index < -0.39 is 17.7 Å². The molecule has 2 aromatic carbocycles. The quantitative estimate of drug-likeness (QED) is 0.0862. The van der Waals surface area contributed by atoms with E-state index in [2.05, 4.69) is 38.6 Å². The standard InChI is InChI=1S/C37H46N6O6S2/c1-42(25-10-8-23(9-11-25)26-15-18-50-34(26)37(49,35(46)47)24-5-2-3-6-24)16-4-17-43-29-13-7-22(19-28(29)40-41-43)20-38-21-31(45)27-12-14-30(44)32-33(27)51-36(48)39-32/h7,12-15,18-19,23-25,31,38,44-45,49H,2-6,8-11,16-17,20-21H2,1H3,(H,39,48)(H,46,47)/t23-,25-,31-,37+/m0/s1. The lowest BCUT2D eigenvalue weighted by atomic mass is 9.76. The number of thiophene rings is 1. The van der Waals surface area contributed by atoms with E-state index in [0.29, 0.717) is 33.2 Å². The summed E-state index contributed by atoms with van der Waals surface area (Å²) in [5.74, 6) is -1.06. The first kappa shape index (κ1) is 35.7. The van der Waals surface area contributed by atoms with E-state index in [4.69, 9.17) is 0 Å². The van der Waals surface area contributed by atoms with Gasteiger partial charge in [-0.1, -0.05) is 41.5 Å². The summed E-state index contributed by atoms with van der Waals surface area (Å²) in [5, 5.41) is 56.6. The Morgan fingerprint density at radius 3 is 2.69 bits per heavy atom. The molecule has 0 bridgehead atoms. The van der Waals surface area contributed by atoms with Gasteiger partial charge in [-0.25, -0.2) is 9.48 Å². The number of aryl methyl sites for hydroxylation is 1. The topological polar surface area (TPSA) is 177 Å². The number of nitrogens with zero attached hydrogens (tertiary/aromatic N) is 4. The van der Waals surface area contributed by atoms with E-state index in [0.717, 1.165) is 104 Å². The van der Waals surface area contributed by atoms with E-state index >= 15 is 0 Å². The van der Waals surface area contributed by atoms with Crippen LogP contribution in [-0.2, 0) is 23.5 Å². The minimum atomic E-state index is -1.78. The minimum absolute atomic E-state index is 0.0157. The van der Waals surface area contributed by atoms with Crippen molar-refractivity contribution in [1.29, 1.82) is 0 Å². The normalized spacial score (nSPS) is 20.4. The zero-order valence-electron chi connectivity index (χ0n) is 28.8. The molecule has 3 aromatic heterocycles. The molecule has 14 heteroatoms. The van der Waals surface area contributed by atoms with E-state index in [1.807, 2.05) is 28.3 Å². The lowest BCUT2D eigenvalue weighted by Gasteiger charge is -2.36. The average Bonchev–Trinajstić information content (AvgIpc) is 3.95. The van der Waals surface area contributed by atoms with Crippen molar-refractivity contribution >= 4 is 49.9 Å². The number of benzene rings is 2. The number of phenolic OH excluding ortho intramolecular Hbond substituents is 1. The molecule has 7 rings (SSSR count). The van der Waals surface area contributed by atoms with Crippen LogP contribution >= 0.6 is 22.7 Å². The molecule has 51 heavy (non-hydrogen) atoms. The molecule has 0 radical (unpaired) electrons. The van der Waals surface area contributed by atoms with Gasteiger partial charge in [0.05, 0.1) is 21.2 Å². The van der Waals surface area contributed by atoms with Gasteiger partial charge in [-0.2, -0.15) is 0 Å². The molecule has 2 saturated carbocycles. The van der Waals surface area contributed by atoms with Gasteiger partial charge in [-0.05, 0) is 105 Å². The molecule has 2 atom stereocenters. The van der Waals surface area contributed by atoms with Gasteiger partial charge in [0.25, 0.3) is 0 Å². The van der Waals surface area contributed by atoms with Gasteiger partial charge in [0.2, 0.25) is 0 Å². The maximum atomic E-state index is 12.4. The first-order valence-corrected chi connectivity index (χ1v) is 19.6. The molecule has 2 fully saturated rings. The number of aliphatic hydroxyl groups excluding tert-OH is 1. The van der Waals surface area contributed by atoms with Gasteiger partial charge >= 0.3 is 10.8 Å². The van der Waals surface area contributed by atoms with Gasteiger partial charge in [-0.3, -0.25) is 4.79 Å². The number of rotatable bonds is 14. The first-order chi connectivity index (χ1) is 24.6. The van der Waals surface area contributed by atoms with Gasteiger partial charge in [-0.15, -0.1) is 16.4 Å². The first-order valence-electron chi connectivity index (χ1n) is 17.9. The largest absolute Gasteiger partial charge is 0.506 e. The molecule has 0 amide bonds. The van der Waals surface area contributed by atoms with Crippen LogP contribution < -0.4 is 10.2 Å². The van der Waals surface area contributed by atoms with Crippen molar-refractivity contribution in [1.82, 2.24) is 30.2 Å². The second-order valence-electron chi connectivity index (χ2n) is 14.3. The third kappa shape index (κ3) is 7.22. The van der Waals surface area contributed by atoms with Crippen molar-refractivity contribution in [2.24, 2.45) is 5.92 Å². The van der Waals surface area contributed by atoms with Crippen molar-refractivity contribution < 1.29 is 25.2 Å². The highest BCUT2D eigenvalue weighted by molar-refractivity contribution is 7.16. The van der Waals surface area contributed by atoms with Crippen LogP contribution in [0.4, 0.5) is 0 Å². The average molecular weight is 735 g/mol. The summed E-state index contributed by atoms with van der Waals surface area (Å²) in [6.45, 7) is 2.47. The summed E-state index contributed by atoms with van der Waals surface area (Å²) < 4.78 is 2.51. The number of hydrogen-bond acceptors (Lipinski definition) is 11. The molecule has 12 nitrogen and oxygen atoms in total. The predicted octanol–water partition coefficient (Wildman–Crippen LogP) is 5.44. The summed E-state index contributed by atoms with van der Waals surface area (Å²) in [5.41, 5.74) is 3.00. The zero-order valence-corrected chi connectivity index (χ0v) is 30.4. The van der Waals surface area contributed by atoms with Crippen LogP contribution in [0.5, 0.6) is 5.75 Å². The number of carbonyl (C=O) groups is 1. The molecule has 272 valence electrons. The van der Waals surface area contributed by atoms with E-state index in [9.17, 15) is 30.0 Å². The Kier molecular flexibility index (Phi) is 10.6. The molecule has 2 aliphatic carbocycles. The fraction of sp³-hybridized carbons (Fsp3) is 0.514. The Balaban J connectivity index is 0.881. The summed E-state index contributed by atoms with van der Waals surface area (Å²) in [7, 11) is 2.18. The van der Waals surface area contributed by atoms with E-state index in [-0.39, 0.29) is 29.0 Å². The van der Waals surface area contributed by atoms with Crippen molar-refractivity contribution in [3.8, 4) is 5.75 Å². The van der Waals surface area contributed by atoms with Crippen molar-refractivity contribution in [2.75, 3.05) is 20.1 Å². The summed E-state index contributed by atoms with van der Waals surface area (Å²) in [6, 6.07) is 11.7. The Hall–Kier alpha value is -3.66. The number of aliphatic carboxylic acids is 1. The predicted molar refractivity (Wildman–Crippen MR) is 198 cm³/mol. The van der Waals surface area contributed by atoms with Crippen molar-refractivity contribution in [3.05, 3.63) is 73.0 Å². The fourth-order valence-electron chi connectivity index (χ4n) is 8.29. The van der Waals surface area contributed by atoms with Crippen LogP contribution in [-0.4, -0.2) is 77.5 Å². The highest BCUT2D eigenvalue weighted by Gasteiger charge is 2.49.